The van der Waals surface area contributed by atoms with E-state index in [1.165, 1.54) is 6.07 Å². The van der Waals surface area contributed by atoms with Crippen LogP contribution in [0.25, 0.3) is 10.9 Å². The van der Waals surface area contributed by atoms with Crippen LogP contribution in [0.2, 0.25) is 28.2 Å². The normalized spacial score (nSPS) is 17.2. The second-order valence-corrected chi connectivity index (χ2v) is 15.4. The van der Waals surface area contributed by atoms with Gasteiger partial charge < -0.3 is 15.1 Å². The van der Waals surface area contributed by atoms with Crippen LogP contribution >= 0.6 is 23.2 Å². The predicted octanol–water partition coefficient (Wildman–Crippen LogP) is 6.08. The Morgan fingerprint density at radius 1 is 1.36 bits per heavy atom. The Kier molecular flexibility index (Phi) is 7.20. The first-order valence-electron chi connectivity index (χ1n) is 10.7. The molecule has 2 heterocycles. The van der Waals surface area contributed by atoms with Gasteiger partial charge in [-0.15, -0.1) is 0 Å². The summed E-state index contributed by atoms with van der Waals surface area (Å²) >= 11 is 12.7. The second-order valence-electron chi connectivity index (χ2n) is 9.81. The van der Waals surface area contributed by atoms with Gasteiger partial charge in [0.1, 0.15) is 6.61 Å². The Labute approximate surface area is 203 Å². The fourth-order valence-corrected chi connectivity index (χ4v) is 5.16. The quantitative estimate of drug-likeness (QED) is 0.470. The average Bonchev–Trinajstić information content (AvgIpc) is 2.97. The van der Waals surface area contributed by atoms with Crippen LogP contribution in [0, 0.1) is 0 Å². The van der Waals surface area contributed by atoms with E-state index in [0.29, 0.717) is 16.6 Å². The number of benzene rings is 1. The van der Waals surface area contributed by atoms with E-state index < -0.39 is 26.7 Å². The third-order valence-electron chi connectivity index (χ3n) is 6.63. The third kappa shape index (κ3) is 4.78. The molecule has 1 aromatic carbocycles. The first-order valence-corrected chi connectivity index (χ1v) is 14.4. The Morgan fingerprint density at radius 2 is 2.00 bits per heavy atom. The predicted molar refractivity (Wildman–Crippen MR) is 130 cm³/mol. The van der Waals surface area contributed by atoms with Gasteiger partial charge >= 0.3 is 6.55 Å². The van der Waals surface area contributed by atoms with Gasteiger partial charge in [-0.25, -0.2) is 0 Å². The Bertz CT molecular complexity index is 1110. The highest BCUT2D eigenvalue weighted by atomic mass is 35.5. The number of alkyl halides is 2. The van der Waals surface area contributed by atoms with Crippen LogP contribution in [-0.2, 0) is 20.4 Å². The molecule has 11 heteroatoms. The van der Waals surface area contributed by atoms with E-state index in [2.05, 4.69) is 31.4 Å². The van der Waals surface area contributed by atoms with Gasteiger partial charge in [0, 0.05) is 24.0 Å². The number of nitrogens with zero attached hydrogens (tertiary/aromatic N) is 1. The Hall–Kier alpha value is -1.68. The number of hydrogen-bond acceptors (Lipinski definition) is 3. The zero-order valence-corrected chi connectivity index (χ0v) is 22.0. The highest BCUT2D eigenvalue weighted by molar-refractivity contribution is 6.74. The van der Waals surface area contributed by atoms with E-state index in [9.17, 15) is 18.4 Å². The van der Waals surface area contributed by atoms with Crippen molar-refractivity contribution < 1.29 is 22.8 Å². The summed E-state index contributed by atoms with van der Waals surface area (Å²) < 4.78 is 35.2. The number of hydrogen-bond donors (Lipinski definition) is 2. The minimum absolute atomic E-state index is 0.00586. The minimum Gasteiger partial charge on any atom is -0.408 e. The molecule has 1 aromatic heterocycles. The average molecular weight is 520 g/mol. The van der Waals surface area contributed by atoms with Gasteiger partial charge in [0.2, 0.25) is 11.8 Å². The van der Waals surface area contributed by atoms with Crippen LogP contribution < -0.4 is 10.6 Å². The topological polar surface area (TPSA) is 72.4 Å². The van der Waals surface area contributed by atoms with Crippen LogP contribution in [0.15, 0.2) is 6.07 Å². The summed E-state index contributed by atoms with van der Waals surface area (Å²) in [6.45, 7) is 9.01. The maximum Gasteiger partial charge on any atom is 0.319 e. The molecule has 0 bridgehead atoms. The van der Waals surface area contributed by atoms with E-state index >= 15 is 0 Å². The van der Waals surface area contributed by atoms with Gasteiger partial charge in [0.25, 0.3) is 0 Å². The van der Waals surface area contributed by atoms with E-state index in [4.69, 9.17) is 27.6 Å². The van der Waals surface area contributed by atoms with Crippen molar-refractivity contribution in [2.75, 3.05) is 18.5 Å². The van der Waals surface area contributed by atoms with Crippen molar-refractivity contribution in [3.8, 4) is 0 Å². The molecule has 2 N–H and O–H groups in total. The minimum atomic E-state index is -2.90. The molecule has 0 saturated carbocycles. The Balaban J connectivity index is 2.13. The van der Waals surface area contributed by atoms with Crippen LogP contribution in [0.3, 0.4) is 0 Å². The monoisotopic (exact) mass is 519 g/mol. The van der Waals surface area contributed by atoms with Gasteiger partial charge in [-0.3, -0.25) is 14.2 Å². The second kappa shape index (κ2) is 9.17. The molecule has 0 aliphatic carbocycles. The molecule has 1 atom stereocenters. The molecule has 3 rings (SSSR count). The van der Waals surface area contributed by atoms with Gasteiger partial charge in [-0.2, -0.15) is 8.78 Å². The number of fused-ring (bicyclic) bond motifs is 3. The maximum atomic E-state index is 14.2. The lowest BCUT2D eigenvalue weighted by molar-refractivity contribution is -0.122. The van der Waals surface area contributed by atoms with Gasteiger partial charge in [0.05, 0.1) is 27.2 Å². The number of carbonyl (C=O) groups is 2. The SMILES string of the molecule is C[C@@H]1C(=O)NCCc2c1c1c(NC(=O)CO[Si](C)(C)C(C)(C)C)cc(Cl)c(Cl)c1n2C(F)F. The number of halogens is 4. The highest BCUT2D eigenvalue weighted by Crippen LogP contribution is 2.46. The number of nitrogens with one attached hydrogen (secondary N) is 2. The smallest absolute Gasteiger partial charge is 0.319 e. The van der Waals surface area contributed by atoms with Crippen molar-refractivity contribution in [2.45, 2.75) is 64.7 Å². The summed E-state index contributed by atoms with van der Waals surface area (Å²) in [6, 6.07) is 1.43. The Morgan fingerprint density at radius 3 is 2.58 bits per heavy atom. The third-order valence-corrected chi connectivity index (χ3v) is 11.9. The van der Waals surface area contributed by atoms with Gasteiger partial charge in [0.15, 0.2) is 8.32 Å². The van der Waals surface area contributed by atoms with Crippen molar-refractivity contribution in [3.63, 3.8) is 0 Å². The van der Waals surface area contributed by atoms with Crippen molar-refractivity contribution >= 4 is 59.9 Å². The van der Waals surface area contributed by atoms with Crippen LogP contribution in [0.1, 0.15) is 51.4 Å². The zero-order chi connectivity index (χ0) is 24.9. The molecule has 0 fully saturated rings. The largest absolute Gasteiger partial charge is 0.408 e. The summed E-state index contributed by atoms with van der Waals surface area (Å²) in [6.07, 6.45) is 0.195. The lowest BCUT2D eigenvalue weighted by Crippen LogP contribution is -2.42. The van der Waals surface area contributed by atoms with Gasteiger partial charge in [-0.1, -0.05) is 44.0 Å². The first kappa shape index (κ1) is 25.9. The lowest BCUT2D eigenvalue weighted by Gasteiger charge is -2.35. The summed E-state index contributed by atoms with van der Waals surface area (Å²) in [5.74, 6) is -1.45. The molecular formula is C22H29Cl2F2N3O3Si. The van der Waals surface area contributed by atoms with Crippen molar-refractivity contribution in [3.05, 3.63) is 27.4 Å². The van der Waals surface area contributed by atoms with E-state index in [1.807, 2.05) is 13.1 Å². The summed E-state index contributed by atoms with van der Waals surface area (Å²) in [5.41, 5.74) is 0.939. The van der Waals surface area contributed by atoms with Gasteiger partial charge in [-0.05, 0) is 36.7 Å². The molecule has 33 heavy (non-hydrogen) atoms. The summed E-state index contributed by atoms with van der Waals surface area (Å²) in [7, 11) is -2.18. The molecule has 0 radical (unpaired) electrons. The summed E-state index contributed by atoms with van der Waals surface area (Å²) in [5, 5.41) is 5.68. The molecular weight excluding hydrogens is 491 g/mol. The van der Waals surface area contributed by atoms with Crippen LogP contribution in [0.4, 0.5) is 14.5 Å². The maximum absolute atomic E-state index is 14.2. The first-order chi connectivity index (χ1) is 15.2. The number of aromatic nitrogens is 1. The summed E-state index contributed by atoms with van der Waals surface area (Å²) in [4.78, 5) is 25.3. The van der Waals surface area contributed by atoms with Crippen LogP contribution in [0.5, 0.6) is 0 Å². The zero-order valence-electron chi connectivity index (χ0n) is 19.5. The number of anilines is 1. The molecule has 6 nitrogen and oxygen atoms in total. The molecule has 2 aromatic rings. The van der Waals surface area contributed by atoms with Crippen molar-refractivity contribution in [2.24, 2.45) is 0 Å². The molecule has 1 aliphatic heterocycles. The standard InChI is InChI=1S/C22H29Cl2F2N3O3Si/c1-11-16-14(7-8-27-20(11)31)29(21(25)26)19-17(16)13(9-12(23)18(19)24)28-15(30)10-32-33(5,6)22(2,3)4/h9,11,21H,7-8,10H2,1-6H3,(H,27,31)(H,28,30)/t11-/m0/s1. The molecule has 0 saturated heterocycles. The van der Waals surface area contributed by atoms with Crippen molar-refractivity contribution in [1.29, 1.82) is 0 Å². The van der Waals surface area contributed by atoms with Crippen molar-refractivity contribution in [1.82, 2.24) is 9.88 Å². The van der Waals surface area contributed by atoms with E-state index in [0.717, 1.165) is 4.57 Å². The molecule has 0 spiro atoms. The van der Waals surface area contributed by atoms with Crippen LogP contribution in [-0.4, -0.2) is 37.9 Å². The lowest BCUT2D eigenvalue weighted by atomic mass is 9.96. The molecule has 1 aliphatic rings. The highest BCUT2D eigenvalue weighted by Gasteiger charge is 2.38. The van der Waals surface area contributed by atoms with E-state index in [-0.39, 0.29) is 51.8 Å². The molecule has 2 amide bonds. The van der Waals surface area contributed by atoms with E-state index in [1.54, 1.807) is 6.92 Å². The fourth-order valence-electron chi connectivity index (χ4n) is 3.79. The number of amides is 2. The molecule has 0 unspecified atom stereocenters. The number of rotatable bonds is 5. The fraction of sp³-hybridized carbons (Fsp3) is 0.545. The number of carbonyl (C=O) groups excluding carboxylic acids is 2. The molecule has 182 valence electrons.